The Kier molecular flexibility index (Phi) is 2.27. The van der Waals surface area contributed by atoms with E-state index in [1.54, 1.807) is 6.08 Å². The van der Waals surface area contributed by atoms with Crippen LogP contribution in [-0.4, -0.2) is 19.2 Å². The van der Waals surface area contributed by atoms with Crippen molar-refractivity contribution < 1.29 is 5.11 Å². The molecule has 0 unspecified atom stereocenters. The number of allylic oxidation sites excluding steroid dienone is 3. The van der Waals surface area contributed by atoms with Gasteiger partial charge in [-0.2, -0.15) is 4.80 Å². The molecule has 4 nitrogen and oxygen atoms in total. The van der Waals surface area contributed by atoms with Gasteiger partial charge >= 0.3 is 0 Å². The van der Waals surface area contributed by atoms with Crippen molar-refractivity contribution in [1.82, 2.24) is 14.1 Å². The first-order valence-corrected chi connectivity index (χ1v) is 5.09. The molecule has 2 rings (SSSR count). The zero-order valence-corrected chi connectivity index (χ0v) is 9.51. The van der Waals surface area contributed by atoms with Crippen LogP contribution in [0.1, 0.15) is 25.2 Å². The van der Waals surface area contributed by atoms with Crippen LogP contribution >= 0.6 is 0 Å². The van der Waals surface area contributed by atoms with Crippen LogP contribution in [0.5, 0.6) is 0 Å². The van der Waals surface area contributed by atoms with Gasteiger partial charge in [0.05, 0.1) is 0 Å². The molecule has 2 heterocycles. The lowest BCUT2D eigenvalue weighted by molar-refractivity contribution is 0.431. The number of aromatic nitrogens is 3. The van der Waals surface area contributed by atoms with Gasteiger partial charge in [0.25, 0.3) is 0 Å². The van der Waals surface area contributed by atoms with Crippen LogP contribution < -0.4 is 0 Å². The summed E-state index contributed by atoms with van der Waals surface area (Å²) < 4.78 is 3.88. The third kappa shape index (κ3) is 1.16. The number of aliphatic hydroxyl groups excluding tert-OH is 1. The third-order valence-corrected chi connectivity index (χ3v) is 2.58. The molecule has 0 aliphatic rings. The van der Waals surface area contributed by atoms with Crippen LogP contribution in [0.2, 0.25) is 0 Å². The van der Waals surface area contributed by atoms with Crippen molar-refractivity contribution in [3.8, 4) is 0 Å². The Morgan fingerprint density at radius 2 is 1.88 bits per heavy atom. The van der Waals surface area contributed by atoms with E-state index in [0.29, 0.717) is 0 Å². The molecule has 84 valence electrons. The van der Waals surface area contributed by atoms with E-state index in [1.165, 1.54) is 6.08 Å². The van der Waals surface area contributed by atoms with Crippen molar-refractivity contribution in [1.29, 1.82) is 0 Å². The number of rotatable bonds is 4. The SMILES string of the molecule is C=C/C(O)=C(\C)n1n2c(C=C)c(/C=C\C)n12. The first kappa shape index (κ1) is 10.4. The molecular weight excluding hydrogens is 202 g/mol. The second kappa shape index (κ2) is 3.48. The second-order valence-corrected chi connectivity index (χ2v) is 3.52. The molecular formula is C12H15N3O. The molecule has 0 bridgehead atoms. The molecule has 0 aliphatic carbocycles. The summed E-state index contributed by atoms with van der Waals surface area (Å²) in [6.45, 7) is 11.1. The summed E-state index contributed by atoms with van der Waals surface area (Å²) in [6.07, 6.45) is 7.20. The number of hydrogen-bond acceptors (Lipinski definition) is 1. The molecule has 0 atom stereocenters. The van der Waals surface area contributed by atoms with Gasteiger partial charge in [0.1, 0.15) is 22.8 Å². The van der Waals surface area contributed by atoms with Gasteiger partial charge in [-0.15, -0.1) is 9.26 Å². The van der Waals surface area contributed by atoms with Gasteiger partial charge in [-0.25, -0.2) is 0 Å². The van der Waals surface area contributed by atoms with Crippen molar-refractivity contribution in [2.45, 2.75) is 13.8 Å². The van der Waals surface area contributed by atoms with Crippen molar-refractivity contribution in [2.75, 3.05) is 0 Å². The van der Waals surface area contributed by atoms with Crippen molar-refractivity contribution in [3.05, 3.63) is 42.5 Å². The smallest absolute Gasteiger partial charge is 0.138 e. The van der Waals surface area contributed by atoms with Crippen molar-refractivity contribution in [2.24, 2.45) is 0 Å². The Hall–Kier alpha value is -2.10. The van der Waals surface area contributed by atoms with Crippen LogP contribution in [0.4, 0.5) is 0 Å². The Labute approximate surface area is 94.0 Å². The lowest BCUT2D eigenvalue weighted by Crippen LogP contribution is -1.98. The lowest BCUT2D eigenvalue weighted by Gasteiger charge is -1.98. The molecule has 0 aromatic carbocycles. The molecule has 0 aliphatic heterocycles. The summed E-state index contributed by atoms with van der Waals surface area (Å²) in [7, 11) is 0. The van der Waals surface area contributed by atoms with E-state index in [-0.39, 0.29) is 5.76 Å². The van der Waals surface area contributed by atoms with Gasteiger partial charge in [0, 0.05) is 0 Å². The molecule has 0 saturated heterocycles. The standard InChI is InChI=1S/C12H15N3O/c1-5-8-11-10(6-2)14-13(15(11)14)9(4)12(16)7-3/h5-8,16H,2-3H2,1,4H3/b8-5-,12-9-. The Morgan fingerprint density at radius 1 is 1.25 bits per heavy atom. The van der Waals surface area contributed by atoms with Gasteiger partial charge in [-0.3, -0.25) is 0 Å². The van der Waals surface area contributed by atoms with E-state index >= 15 is 0 Å². The summed E-state index contributed by atoms with van der Waals surface area (Å²) in [5.41, 5.74) is 2.86. The predicted molar refractivity (Wildman–Crippen MR) is 66.5 cm³/mol. The number of nitrogens with zero attached hydrogens (tertiary/aromatic N) is 3. The predicted octanol–water partition coefficient (Wildman–Crippen LogP) is 2.89. The third-order valence-electron chi connectivity index (χ3n) is 2.58. The van der Waals surface area contributed by atoms with Crippen LogP contribution in [0, 0.1) is 0 Å². The van der Waals surface area contributed by atoms with E-state index in [4.69, 9.17) is 0 Å². The highest BCUT2D eigenvalue weighted by Crippen LogP contribution is 2.25. The summed E-state index contributed by atoms with van der Waals surface area (Å²) in [5.74, 6) is 0.178. The quantitative estimate of drug-likeness (QED) is 0.620. The Bertz CT molecular complexity index is 589. The van der Waals surface area contributed by atoms with Crippen LogP contribution in [0.15, 0.2) is 31.1 Å². The van der Waals surface area contributed by atoms with E-state index < -0.39 is 0 Å². The highest BCUT2D eigenvalue weighted by molar-refractivity contribution is 5.63. The summed E-state index contributed by atoms with van der Waals surface area (Å²) >= 11 is 0. The molecule has 16 heavy (non-hydrogen) atoms. The molecule has 0 fully saturated rings. The first-order chi connectivity index (χ1) is 7.67. The molecule has 1 N–H and O–H groups in total. The zero-order chi connectivity index (χ0) is 11.9. The maximum absolute atomic E-state index is 9.58. The molecule has 2 aromatic heterocycles. The number of hydrogen-bond donors (Lipinski definition) is 1. The van der Waals surface area contributed by atoms with Crippen LogP contribution in [0.3, 0.4) is 0 Å². The molecule has 0 radical (unpaired) electrons. The van der Waals surface area contributed by atoms with Gasteiger partial charge < -0.3 is 5.11 Å². The fraction of sp³-hybridized carbons (Fsp3) is 0.167. The Morgan fingerprint density at radius 3 is 2.38 bits per heavy atom. The monoisotopic (exact) mass is 217 g/mol. The number of aliphatic hydroxyl groups is 1. The fourth-order valence-electron chi connectivity index (χ4n) is 1.73. The largest absolute Gasteiger partial charge is 0.506 e. The molecule has 0 saturated carbocycles. The van der Waals surface area contributed by atoms with Gasteiger partial charge in [-0.1, -0.05) is 19.2 Å². The van der Waals surface area contributed by atoms with E-state index in [2.05, 4.69) is 13.2 Å². The first-order valence-electron chi connectivity index (χ1n) is 5.09. The topological polar surface area (TPSA) is 34.0 Å². The maximum atomic E-state index is 9.58. The fourth-order valence-corrected chi connectivity index (χ4v) is 1.73. The molecule has 4 heteroatoms. The summed E-state index contributed by atoms with van der Waals surface area (Å²) in [6, 6.07) is 0. The second-order valence-electron chi connectivity index (χ2n) is 3.52. The number of fused-ring (bicyclic) bond motifs is 1. The van der Waals surface area contributed by atoms with E-state index in [1.807, 2.05) is 40.1 Å². The summed E-state index contributed by atoms with van der Waals surface area (Å²) in [4.78, 5) is 1.86. The van der Waals surface area contributed by atoms with Crippen molar-refractivity contribution >= 4 is 17.8 Å². The maximum Gasteiger partial charge on any atom is 0.138 e. The lowest BCUT2D eigenvalue weighted by atomic mass is 10.3. The van der Waals surface area contributed by atoms with Crippen molar-refractivity contribution in [3.63, 3.8) is 0 Å². The zero-order valence-electron chi connectivity index (χ0n) is 9.51. The van der Waals surface area contributed by atoms with E-state index in [0.717, 1.165) is 17.1 Å². The normalized spacial score (nSPS) is 13.9. The average Bonchev–Trinajstić information content (AvgIpc) is 2.94. The van der Waals surface area contributed by atoms with Gasteiger partial charge in [-0.05, 0) is 32.1 Å². The molecule has 2 aromatic rings. The molecule has 0 amide bonds. The average molecular weight is 217 g/mol. The minimum absolute atomic E-state index is 0.178. The van der Waals surface area contributed by atoms with Crippen LogP contribution in [-0.2, 0) is 0 Å². The highest BCUT2D eigenvalue weighted by atomic mass is 16.3. The van der Waals surface area contributed by atoms with Gasteiger partial charge in [0.2, 0.25) is 0 Å². The van der Waals surface area contributed by atoms with E-state index in [9.17, 15) is 5.11 Å². The Balaban J connectivity index is 2.50. The highest BCUT2D eigenvalue weighted by Gasteiger charge is 2.27. The van der Waals surface area contributed by atoms with Crippen LogP contribution in [0.25, 0.3) is 17.8 Å². The molecule has 0 spiro atoms. The summed E-state index contributed by atoms with van der Waals surface area (Å²) in [5, 5.41) is 9.58. The van der Waals surface area contributed by atoms with Gasteiger partial charge in [0.15, 0.2) is 0 Å². The minimum Gasteiger partial charge on any atom is -0.506 e. The minimum atomic E-state index is 0.178.